The summed E-state index contributed by atoms with van der Waals surface area (Å²) in [5, 5.41) is 11.2. The van der Waals surface area contributed by atoms with E-state index in [4.69, 9.17) is 5.11 Å². The van der Waals surface area contributed by atoms with E-state index in [1.807, 2.05) is 14.1 Å². The molecule has 0 aliphatic carbocycles. The van der Waals surface area contributed by atoms with Crippen LogP contribution in [0.5, 0.6) is 0 Å². The van der Waals surface area contributed by atoms with E-state index in [0.717, 1.165) is 6.54 Å². The second-order valence-electron chi connectivity index (χ2n) is 4.01. The SMILES string of the molecule is CC(=O)NCC[N+](C)(C)CCC(=O)O. The lowest BCUT2D eigenvalue weighted by atomic mass is 10.3. The van der Waals surface area contributed by atoms with Crippen molar-refractivity contribution in [3.05, 3.63) is 0 Å². The third-order valence-corrected chi connectivity index (χ3v) is 2.02. The molecule has 0 rings (SSSR count). The van der Waals surface area contributed by atoms with Crippen LogP contribution in [0.25, 0.3) is 0 Å². The molecular formula is C9H19N2O3+. The van der Waals surface area contributed by atoms with E-state index in [1.54, 1.807) is 0 Å². The van der Waals surface area contributed by atoms with E-state index in [2.05, 4.69) is 5.32 Å². The lowest BCUT2D eigenvalue weighted by molar-refractivity contribution is -0.888. The standard InChI is InChI=1S/C9H18N2O3/c1-8(12)10-5-7-11(2,3)6-4-9(13)14/h4-7H2,1-3H3,(H-,10,12,13,14)/p+1. The zero-order valence-electron chi connectivity index (χ0n) is 9.04. The fourth-order valence-electron chi connectivity index (χ4n) is 1.04. The van der Waals surface area contributed by atoms with Crippen molar-refractivity contribution in [3.8, 4) is 0 Å². The van der Waals surface area contributed by atoms with Crippen LogP contribution >= 0.6 is 0 Å². The molecule has 5 heteroatoms. The van der Waals surface area contributed by atoms with E-state index < -0.39 is 5.97 Å². The van der Waals surface area contributed by atoms with Gasteiger partial charge in [0.25, 0.3) is 0 Å². The number of carbonyl (C=O) groups excluding carboxylic acids is 1. The van der Waals surface area contributed by atoms with Crippen LogP contribution in [0.3, 0.4) is 0 Å². The molecule has 5 nitrogen and oxygen atoms in total. The highest BCUT2D eigenvalue weighted by atomic mass is 16.4. The van der Waals surface area contributed by atoms with Crippen LogP contribution in [0.15, 0.2) is 0 Å². The van der Waals surface area contributed by atoms with Gasteiger partial charge in [-0.2, -0.15) is 0 Å². The Morgan fingerprint density at radius 1 is 1.29 bits per heavy atom. The van der Waals surface area contributed by atoms with Crippen molar-refractivity contribution in [3.63, 3.8) is 0 Å². The van der Waals surface area contributed by atoms with Crippen LogP contribution in [-0.4, -0.2) is 55.2 Å². The van der Waals surface area contributed by atoms with Gasteiger partial charge in [-0.1, -0.05) is 0 Å². The summed E-state index contributed by atoms with van der Waals surface area (Å²) in [6, 6.07) is 0. The third kappa shape index (κ3) is 7.54. The second-order valence-corrected chi connectivity index (χ2v) is 4.01. The number of nitrogens with one attached hydrogen (secondary N) is 1. The van der Waals surface area contributed by atoms with Gasteiger partial charge in [-0.25, -0.2) is 0 Å². The predicted octanol–water partition coefficient (Wildman–Crippen LogP) is -0.326. The fraction of sp³-hybridized carbons (Fsp3) is 0.778. The molecule has 0 fully saturated rings. The molecule has 2 N–H and O–H groups in total. The number of carboxylic acid groups (broad SMARTS) is 1. The molecule has 0 radical (unpaired) electrons. The number of nitrogens with zero attached hydrogens (tertiary/aromatic N) is 1. The maximum absolute atomic E-state index is 10.6. The van der Waals surface area contributed by atoms with Gasteiger partial charge in [-0.05, 0) is 0 Å². The van der Waals surface area contributed by atoms with Crippen LogP contribution in [-0.2, 0) is 9.59 Å². The molecule has 0 aromatic rings. The molecule has 0 aliphatic heterocycles. The number of quaternary nitrogens is 1. The van der Waals surface area contributed by atoms with Crippen molar-refractivity contribution < 1.29 is 19.2 Å². The van der Waals surface area contributed by atoms with Crippen LogP contribution in [0.2, 0.25) is 0 Å². The zero-order chi connectivity index (χ0) is 11.2. The molecule has 0 atom stereocenters. The number of likely N-dealkylation sites (N-methyl/N-ethyl adjacent to an activating group) is 1. The number of carboxylic acids is 1. The number of amides is 1. The van der Waals surface area contributed by atoms with Gasteiger partial charge < -0.3 is 14.9 Å². The molecule has 0 saturated carbocycles. The Labute approximate surface area is 84.3 Å². The number of hydrogen-bond donors (Lipinski definition) is 2. The molecule has 1 amide bonds. The third-order valence-electron chi connectivity index (χ3n) is 2.02. The molecule has 82 valence electrons. The maximum Gasteiger partial charge on any atom is 0.309 e. The first kappa shape index (κ1) is 12.9. The Morgan fingerprint density at radius 2 is 1.86 bits per heavy atom. The summed E-state index contributed by atoms with van der Waals surface area (Å²) in [4.78, 5) is 20.9. The second kappa shape index (κ2) is 5.59. The van der Waals surface area contributed by atoms with E-state index in [-0.39, 0.29) is 12.3 Å². The normalized spacial score (nSPS) is 11.1. The lowest BCUT2D eigenvalue weighted by Gasteiger charge is -2.29. The minimum absolute atomic E-state index is 0.0526. The minimum atomic E-state index is -0.782. The molecule has 0 aromatic heterocycles. The monoisotopic (exact) mass is 203 g/mol. The highest BCUT2D eigenvalue weighted by Gasteiger charge is 2.16. The van der Waals surface area contributed by atoms with Crippen LogP contribution in [0.1, 0.15) is 13.3 Å². The van der Waals surface area contributed by atoms with Crippen LogP contribution < -0.4 is 5.32 Å². The molecule has 0 saturated heterocycles. The first-order chi connectivity index (χ1) is 6.33. The Morgan fingerprint density at radius 3 is 2.29 bits per heavy atom. The van der Waals surface area contributed by atoms with E-state index >= 15 is 0 Å². The maximum atomic E-state index is 10.6. The number of aliphatic carboxylic acids is 1. The van der Waals surface area contributed by atoms with E-state index in [9.17, 15) is 9.59 Å². The van der Waals surface area contributed by atoms with Crippen molar-refractivity contribution in [1.29, 1.82) is 0 Å². The quantitative estimate of drug-likeness (QED) is 0.581. The topological polar surface area (TPSA) is 66.4 Å². The van der Waals surface area contributed by atoms with Gasteiger partial charge in [0, 0.05) is 6.92 Å². The van der Waals surface area contributed by atoms with Crippen molar-refractivity contribution in [2.75, 3.05) is 33.7 Å². The number of rotatable bonds is 6. The van der Waals surface area contributed by atoms with Gasteiger partial charge in [0.05, 0.1) is 40.2 Å². The van der Waals surface area contributed by atoms with Crippen molar-refractivity contribution in [2.24, 2.45) is 0 Å². The highest BCUT2D eigenvalue weighted by Crippen LogP contribution is 1.97. The average Bonchev–Trinajstić information content (AvgIpc) is 2.00. The summed E-state index contributed by atoms with van der Waals surface area (Å²) < 4.78 is 0.604. The van der Waals surface area contributed by atoms with Crippen LogP contribution in [0.4, 0.5) is 0 Å². The Balaban J connectivity index is 3.71. The van der Waals surface area contributed by atoms with Crippen molar-refractivity contribution in [2.45, 2.75) is 13.3 Å². The lowest BCUT2D eigenvalue weighted by Crippen LogP contribution is -2.46. The molecule has 0 unspecified atom stereocenters. The van der Waals surface area contributed by atoms with Gasteiger partial charge in [0.15, 0.2) is 0 Å². The smallest absolute Gasteiger partial charge is 0.309 e. The summed E-state index contributed by atoms with van der Waals surface area (Å²) in [5.74, 6) is -0.834. The molecule has 0 aliphatic rings. The molecule has 0 spiro atoms. The Kier molecular flexibility index (Phi) is 5.15. The summed E-state index contributed by atoms with van der Waals surface area (Å²) in [6.07, 6.45) is 0.160. The minimum Gasteiger partial charge on any atom is -0.481 e. The van der Waals surface area contributed by atoms with Crippen molar-refractivity contribution >= 4 is 11.9 Å². The molecule has 0 aromatic carbocycles. The van der Waals surface area contributed by atoms with Gasteiger partial charge >= 0.3 is 5.97 Å². The van der Waals surface area contributed by atoms with E-state index in [0.29, 0.717) is 17.6 Å². The number of hydrogen-bond acceptors (Lipinski definition) is 2. The van der Waals surface area contributed by atoms with Gasteiger partial charge in [0.2, 0.25) is 5.91 Å². The predicted molar refractivity (Wildman–Crippen MR) is 52.8 cm³/mol. The molecular weight excluding hydrogens is 184 g/mol. The Hall–Kier alpha value is -1.10. The molecule has 0 heterocycles. The van der Waals surface area contributed by atoms with Gasteiger partial charge in [-0.15, -0.1) is 0 Å². The van der Waals surface area contributed by atoms with Gasteiger partial charge in [-0.3, -0.25) is 9.59 Å². The average molecular weight is 203 g/mol. The first-order valence-electron chi connectivity index (χ1n) is 4.62. The fourth-order valence-corrected chi connectivity index (χ4v) is 1.04. The summed E-state index contributed by atoms with van der Waals surface area (Å²) in [5.41, 5.74) is 0. The Bertz CT molecular complexity index is 214. The summed E-state index contributed by atoms with van der Waals surface area (Å²) >= 11 is 0. The highest BCUT2D eigenvalue weighted by molar-refractivity contribution is 5.72. The molecule has 0 bridgehead atoms. The van der Waals surface area contributed by atoms with Crippen LogP contribution in [0, 0.1) is 0 Å². The first-order valence-corrected chi connectivity index (χ1v) is 4.62. The molecule has 14 heavy (non-hydrogen) atoms. The summed E-state index contributed by atoms with van der Waals surface area (Å²) in [6.45, 7) is 3.38. The number of carbonyl (C=O) groups is 2. The largest absolute Gasteiger partial charge is 0.481 e. The van der Waals surface area contributed by atoms with Gasteiger partial charge in [0.1, 0.15) is 0 Å². The zero-order valence-corrected chi connectivity index (χ0v) is 9.04. The van der Waals surface area contributed by atoms with E-state index in [1.165, 1.54) is 6.92 Å². The van der Waals surface area contributed by atoms with Crippen molar-refractivity contribution in [1.82, 2.24) is 5.32 Å². The summed E-state index contributed by atoms with van der Waals surface area (Å²) in [7, 11) is 3.90.